The summed E-state index contributed by atoms with van der Waals surface area (Å²) in [5, 5.41) is 15.2. The summed E-state index contributed by atoms with van der Waals surface area (Å²) in [6.45, 7) is 2.14. The molecule has 0 radical (unpaired) electrons. The van der Waals surface area contributed by atoms with Crippen LogP contribution in [0.1, 0.15) is 18.5 Å². The van der Waals surface area contributed by atoms with E-state index in [0.29, 0.717) is 16.7 Å². The highest BCUT2D eigenvalue weighted by Crippen LogP contribution is 2.34. The van der Waals surface area contributed by atoms with E-state index in [9.17, 15) is 4.79 Å². The molecule has 1 aliphatic heterocycles. The fourth-order valence-electron chi connectivity index (χ4n) is 2.83. The molecular formula is C19H19N5O4S. The molecule has 2 heterocycles. The number of ether oxygens (including phenoxy) is 3. The minimum Gasteiger partial charge on any atom is -0.497 e. The number of thioether (sulfide) groups is 1. The van der Waals surface area contributed by atoms with E-state index in [4.69, 9.17) is 14.2 Å². The van der Waals surface area contributed by atoms with Crippen molar-refractivity contribution >= 4 is 17.7 Å². The molecule has 0 aliphatic carbocycles. The Balaban J connectivity index is 1.36. The number of hydrogen-bond donors (Lipinski definition) is 1. The van der Waals surface area contributed by atoms with Gasteiger partial charge in [-0.1, -0.05) is 17.8 Å². The van der Waals surface area contributed by atoms with Gasteiger partial charge in [0.1, 0.15) is 5.75 Å². The van der Waals surface area contributed by atoms with E-state index in [0.717, 1.165) is 17.0 Å². The predicted octanol–water partition coefficient (Wildman–Crippen LogP) is 2.37. The van der Waals surface area contributed by atoms with Crippen molar-refractivity contribution < 1.29 is 19.0 Å². The Labute approximate surface area is 171 Å². The van der Waals surface area contributed by atoms with Crippen molar-refractivity contribution in [3.8, 4) is 22.9 Å². The number of fused-ring (bicyclic) bond motifs is 1. The summed E-state index contributed by atoms with van der Waals surface area (Å²) in [4.78, 5) is 12.4. The first kappa shape index (κ1) is 19.1. The van der Waals surface area contributed by atoms with Crippen LogP contribution in [0.4, 0.5) is 0 Å². The summed E-state index contributed by atoms with van der Waals surface area (Å²) in [5.41, 5.74) is 1.73. The van der Waals surface area contributed by atoms with Crippen LogP contribution in [0.25, 0.3) is 5.69 Å². The lowest BCUT2D eigenvalue weighted by molar-refractivity contribution is -0.119. The first-order valence-corrected chi connectivity index (χ1v) is 9.87. The van der Waals surface area contributed by atoms with Gasteiger partial charge in [0, 0.05) is 0 Å². The van der Waals surface area contributed by atoms with Crippen LogP contribution in [0, 0.1) is 0 Å². The molecule has 0 bridgehead atoms. The summed E-state index contributed by atoms with van der Waals surface area (Å²) in [7, 11) is 1.61. The second-order valence-corrected chi connectivity index (χ2v) is 7.20. The van der Waals surface area contributed by atoms with E-state index in [2.05, 4.69) is 20.8 Å². The molecule has 2 aromatic carbocycles. The van der Waals surface area contributed by atoms with Crippen molar-refractivity contribution in [1.29, 1.82) is 0 Å². The van der Waals surface area contributed by atoms with Gasteiger partial charge in [0.25, 0.3) is 0 Å². The maximum absolute atomic E-state index is 12.4. The third-order valence-electron chi connectivity index (χ3n) is 4.36. The van der Waals surface area contributed by atoms with Gasteiger partial charge >= 0.3 is 0 Å². The fraction of sp³-hybridized carbons (Fsp3) is 0.263. The van der Waals surface area contributed by atoms with Crippen molar-refractivity contribution in [2.75, 3.05) is 19.7 Å². The maximum atomic E-state index is 12.4. The summed E-state index contributed by atoms with van der Waals surface area (Å²) >= 11 is 1.26. The summed E-state index contributed by atoms with van der Waals surface area (Å²) in [6, 6.07) is 12.8. The second-order valence-electron chi connectivity index (χ2n) is 6.26. The predicted molar refractivity (Wildman–Crippen MR) is 106 cm³/mol. The highest BCUT2D eigenvalue weighted by atomic mass is 32.2. The quantitative estimate of drug-likeness (QED) is 0.589. The Hall–Kier alpha value is -3.27. The lowest BCUT2D eigenvalue weighted by Gasteiger charge is -2.14. The standard InChI is InChI=1S/C19H19N5O4S/c1-12(13-3-8-16-17(9-13)28-11-27-16)20-18(25)10-29-19-21-22-23-24(19)14-4-6-15(26-2)7-5-14/h3-9,12H,10-11H2,1-2H3,(H,20,25)/t12-/m1/s1. The van der Waals surface area contributed by atoms with E-state index < -0.39 is 0 Å². The SMILES string of the molecule is COc1ccc(-n2nnnc2SCC(=O)N[C@H](C)c2ccc3c(c2)OCO3)cc1. The summed E-state index contributed by atoms with van der Waals surface area (Å²) in [6.07, 6.45) is 0. The van der Waals surface area contributed by atoms with E-state index in [-0.39, 0.29) is 24.5 Å². The normalized spacial score (nSPS) is 13.2. The van der Waals surface area contributed by atoms with Crippen LogP contribution in [0.2, 0.25) is 0 Å². The number of tetrazole rings is 1. The van der Waals surface area contributed by atoms with E-state index in [1.165, 1.54) is 11.8 Å². The molecule has 1 aliphatic rings. The average molecular weight is 413 g/mol. The molecule has 1 atom stereocenters. The van der Waals surface area contributed by atoms with Crippen LogP contribution in [0.15, 0.2) is 47.6 Å². The van der Waals surface area contributed by atoms with Crippen LogP contribution in [0.3, 0.4) is 0 Å². The van der Waals surface area contributed by atoms with Gasteiger partial charge in [-0.2, -0.15) is 4.68 Å². The van der Waals surface area contributed by atoms with Crippen molar-refractivity contribution in [3.05, 3.63) is 48.0 Å². The number of nitrogens with one attached hydrogen (secondary N) is 1. The van der Waals surface area contributed by atoms with Gasteiger partial charge in [-0.05, 0) is 59.3 Å². The molecule has 0 spiro atoms. The average Bonchev–Trinajstić information content (AvgIpc) is 3.41. The molecule has 150 valence electrons. The van der Waals surface area contributed by atoms with Gasteiger partial charge in [0.05, 0.1) is 24.6 Å². The lowest BCUT2D eigenvalue weighted by atomic mass is 10.1. The van der Waals surface area contributed by atoms with Gasteiger partial charge < -0.3 is 19.5 Å². The Bertz CT molecular complexity index is 1010. The molecule has 10 heteroatoms. The molecule has 0 unspecified atom stereocenters. The van der Waals surface area contributed by atoms with Gasteiger partial charge in [-0.3, -0.25) is 4.79 Å². The van der Waals surface area contributed by atoms with Crippen molar-refractivity contribution in [3.63, 3.8) is 0 Å². The molecule has 9 nitrogen and oxygen atoms in total. The van der Waals surface area contributed by atoms with Gasteiger partial charge in [0.15, 0.2) is 11.5 Å². The molecule has 1 N–H and O–H groups in total. The number of benzene rings is 2. The number of aromatic nitrogens is 4. The molecule has 29 heavy (non-hydrogen) atoms. The smallest absolute Gasteiger partial charge is 0.231 e. The highest BCUT2D eigenvalue weighted by Gasteiger charge is 2.18. The van der Waals surface area contributed by atoms with Crippen LogP contribution in [-0.2, 0) is 4.79 Å². The summed E-state index contributed by atoms with van der Waals surface area (Å²) in [5.74, 6) is 2.22. The number of nitrogens with zero attached hydrogens (tertiary/aromatic N) is 4. The number of carbonyl (C=O) groups excluding carboxylic acids is 1. The van der Waals surface area contributed by atoms with Crippen LogP contribution in [0.5, 0.6) is 17.2 Å². The van der Waals surface area contributed by atoms with Crippen LogP contribution >= 0.6 is 11.8 Å². The largest absolute Gasteiger partial charge is 0.497 e. The molecule has 3 aromatic rings. The van der Waals surface area contributed by atoms with Crippen molar-refractivity contribution in [1.82, 2.24) is 25.5 Å². The first-order chi connectivity index (χ1) is 14.1. The Kier molecular flexibility index (Phi) is 5.52. The van der Waals surface area contributed by atoms with Gasteiger partial charge in [-0.15, -0.1) is 5.10 Å². The Morgan fingerprint density at radius 3 is 2.83 bits per heavy atom. The third-order valence-corrected chi connectivity index (χ3v) is 5.28. The minimum absolute atomic E-state index is 0.121. The Morgan fingerprint density at radius 1 is 1.24 bits per heavy atom. The van der Waals surface area contributed by atoms with Crippen LogP contribution < -0.4 is 19.5 Å². The third kappa shape index (κ3) is 4.27. The number of rotatable bonds is 7. The summed E-state index contributed by atoms with van der Waals surface area (Å²) < 4.78 is 17.4. The van der Waals surface area contributed by atoms with Gasteiger partial charge in [-0.25, -0.2) is 0 Å². The highest BCUT2D eigenvalue weighted by molar-refractivity contribution is 7.99. The molecule has 1 aromatic heterocycles. The van der Waals surface area contributed by atoms with Crippen LogP contribution in [-0.4, -0.2) is 45.8 Å². The zero-order valence-electron chi connectivity index (χ0n) is 15.9. The van der Waals surface area contributed by atoms with Gasteiger partial charge in [0.2, 0.25) is 17.9 Å². The lowest BCUT2D eigenvalue weighted by Crippen LogP contribution is -2.28. The number of carbonyl (C=O) groups is 1. The zero-order valence-corrected chi connectivity index (χ0v) is 16.7. The first-order valence-electron chi connectivity index (χ1n) is 8.88. The number of hydrogen-bond acceptors (Lipinski definition) is 8. The van der Waals surface area contributed by atoms with Crippen molar-refractivity contribution in [2.24, 2.45) is 0 Å². The minimum atomic E-state index is -0.171. The molecule has 4 rings (SSSR count). The fourth-order valence-corrected chi connectivity index (χ4v) is 3.54. The number of methoxy groups -OCH3 is 1. The molecular weight excluding hydrogens is 394 g/mol. The maximum Gasteiger partial charge on any atom is 0.231 e. The van der Waals surface area contributed by atoms with Crippen molar-refractivity contribution in [2.45, 2.75) is 18.1 Å². The topological polar surface area (TPSA) is 100 Å². The molecule has 0 saturated carbocycles. The Morgan fingerprint density at radius 2 is 2.03 bits per heavy atom. The number of amides is 1. The second kappa shape index (κ2) is 8.39. The van der Waals surface area contributed by atoms with E-state index in [1.54, 1.807) is 11.8 Å². The van der Waals surface area contributed by atoms with E-state index in [1.807, 2.05) is 49.4 Å². The molecule has 0 fully saturated rings. The molecule has 1 amide bonds. The molecule has 0 saturated heterocycles. The zero-order chi connectivity index (χ0) is 20.2. The monoisotopic (exact) mass is 413 g/mol. The van der Waals surface area contributed by atoms with E-state index >= 15 is 0 Å².